The molecule has 13 heavy (non-hydrogen) atoms. The number of rotatable bonds is 3. The van der Waals surface area contributed by atoms with Crippen LogP contribution >= 0.6 is 0 Å². The van der Waals surface area contributed by atoms with E-state index in [-0.39, 0.29) is 0 Å². The van der Waals surface area contributed by atoms with Crippen LogP contribution in [0.2, 0.25) is 0 Å². The molecule has 0 N–H and O–H groups in total. The van der Waals surface area contributed by atoms with E-state index >= 15 is 0 Å². The summed E-state index contributed by atoms with van der Waals surface area (Å²) in [5.41, 5.74) is 1.05. The van der Waals surface area contributed by atoms with E-state index in [0.717, 1.165) is 11.4 Å². The molecule has 1 aromatic rings. The Balaban J connectivity index is 2.97. The first kappa shape index (κ1) is 9.77. The molecule has 4 nitrogen and oxygen atoms in total. The number of aromatic nitrogens is 2. The molecule has 1 heterocycles. The summed E-state index contributed by atoms with van der Waals surface area (Å²) in [4.78, 5) is 10.2. The van der Waals surface area contributed by atoms with Crippen LogP contribution in [-0.2, 0) is 0 Å². The van der Waals surface area contributed by atoms with Crippen molar-refractivity contribution in [3.8, 4) is 6.01 Å². The molecular weight excluding hydrogens is 166 g/mol. The normalized spacial score (nSPS) is 9.85. The highest BCUT2D eigenvalue weighted by molar-refractivity contribution is 5.44. The van der Waals surface area contributed by atoms with Crippen LogP contribution in [0.4, 0.5) is 5.82 Å². The van der Waals surface area contributed by atoms with Crippen molar-refractivity contribution in [3.63, 3.8) is 0 Å². The lowest BCUT2D eigenvalue weighted by Crippen LogP contribution is -2.13. The van der Waals surface area contributed by atoms with Gasteiger partial charge in [0.15, 0.2) is 0 Å². The highest BCUT2D eigenvalue weighted by atomic mass is 16.5. The molecule has 0 aliphatic rings. The third kappa shape index (κ3) is 2.31. The summed E-state index contributed by atoms with van der Waals surface area (Å²) >= 11 is 0. The summed E-state index contributed by atoms with van der Waals surface area (Å²) in [7, 11) is 3.90. The predicted molar refractivity (Wildman–Crippen MR) is 52.3 cm³/mol. The Labute approximate surface area is 78.6 Å². The number of ether oxygens (including phenoxy) is 1. The molecule has 4 heteroatoms. The largest absolute Gasteiger partial charge is 0.464 e. The van der Waals surface area contributed by atoms with Crippen LogP contribution in [0.15, 0.2) is 6.20 Å². The van der Waals surface area contributed by atoms with Crippen LogP contribution < -0.4 is 9.64 Å². The van der Waals surface area contributed by atoms with Crippen LogP contribution in [-0.4, -0.2) is 30.7 Å². The van der Waals surface area contributed by atoms with Gasteiger partial charge in [-0.3, -0.25) is 0 Å². The lowest BCUT2D eigenvalue weighted by Gasteiger charge is -2.14. The van der Waals surface area contributed by atoms with Gasteiger partial charge >= 0.3 is 6.01 Å². The van der Waals surface area contributed by atoms with Gasteiger partial charge in [-0.15, -0.1) is 0 Å². The van der Waals surface area contributed by atoms with E-state index in [2.05, 4.69) is 9.97 Å². The van der Waals surface area contributed by atoms with Crippen molar-refractivity contribution < 1.29 is 4.74 Å². The molecule has 0 spiro atoms. The Hall–Kier alpha value is -1.32. The van der Waals surface area contributed by atoms with E-state index in [1.165, 1.54) is 0 Å². The van der Waals surface area contributed by atoms with E-state index in [9.17, 15) is 0 Å². The Morgan fingerprint density at radius 1 is 1.46 bits per heavy atom. The average Bonchev–Trinajstić information content (AvgIpc) is 2.08. The number of anilines is 1. The van der Waals surface area contributed by atoms with Gasteiger partial charge in [0.2, 0.25) is 0 Å². The quantitative estimate of drug-likeness (QED) is 0.703. The van der Waals surface area contributed by atoms with E-state index in [1.54, 1.807) is 6.20 Å². The van der Waals surface area contributed by atoms with Crippen molar-refractivity contribution in [2.24, 2.45) is 0 Å². The Morgan fingerprint density at radius 2 is 2.15 bits per heavy atom. The van der Waals surface area contributed by atoms with Gasteiger partial charge < -0.3 is 9.64 Å². The highest BCUT2D eigenvalue weighted by Gasteiger charge is 2.05. The molecule has 0 aliphatic heterocycles. The topological polar surface area (TPSA) is 38.2 Å². The van der Waals surface area contributed by atoms with Crippen molar-refractivity contribution in [3.05, 3.63) is 11.8 Å². The lowest BCUT2D eigenvalue weighted by molar-refractivity contribution is 0.312. The molecule has 0 aromatic carbocycles. The molecule has 1 aromatic heterocycles. The minimum absolute atomic E-state index is 0.441. The first-order chi connectivity index (χ1) is 6.15. The van der Waals surface area contributed by atoms with Crippen LogP contribution in [0, 0.1) is 6.92 Å². The smallest absolute Gasteiger partial charge is 0.318 e. The molecule has 0 saturated heterocycles. The second kappa shape index (κ2) is 4.07. The minimum Gasteiger partial charge on any atom is -0.464 e. The van der Waals surface area contributed by atoms with Gasteiger partial charge in [-0.25, -0.2) is 4.98 Å². The van der Waals surface area contributed by atoms with Crippen LogP contribution in [0.1, 0.15) is 12.5 Å². The van der Waals surface area contributed by atoms with Gasteiger partial charge in [0.25, 0.3) is 0 Å². The van der Waals surface area contributed by atoms with Gasteiger partial charge in [-0.2, -0.15) is 4.98 Å². The Morgan fingerprint density at radius 3 is 2.69 bits per heavy atom. The van der Waals surface area contributed by atoms with Crippen molar-refractivity contribution in [2.75, 3.05) is 25.6 Å². The molecule has 72 valence electrons. The van der Waals surface area contributed by atoms with E-state index < -0.39 is 0 Å². The molecule has 0 bridgehead atoms. The van der Waals surface area contributed by atoms with Crippen LogP contribution in [0.3, 0.4) is 0 Å². The molecule has 0 atom stereocenters. The second-order valence-corrected chi connectivity index (χ2v) is 2.99. The standard InChI is InChI=1S/C9H15N3O/c1-5-13-9-10-6-7(2)8(11-9)12(3)4/h6H,5H2,1-4H3. The molecule has 0 unspecified atom stereocenters. The third-order valence-electron chi connectivity index (χ3n) is 1.62. The highest BCUT2D eigenvalue weighted by Crippen LogP contribution is 2.15. The molecule has 0 fully saturated rings. The summed E-state index contributed by atoms with van der Waals surface area (Å²) in [6.45, 7) is 4.49. The molecule has 0 aliphatic carbocycles. The Bertz CT molecular complexity index is 286. The average molecular weight is 181 g/mol. The van der Waals surface area contributed by atoms with Crippen molar-refractivity contribution in [1.29, 1.82) is 0 Å². The summed E-state index contributed by atoms with van der Waals surface area (Å²) in [6.07, 6.45) is 1.77. The number of hydrogen-bond acceptors (Lipinski definition) is 4. The molecule has 0 amide bonds. The lowest BCUT2D eigenvalue weighted by atomic mass is 10.3. The Kier molecular flexibility index (Phi) is 3.06. The van der Waals surface area contributed by atoms with Gasteiger partial charge in [-0.05, 0) is 13.8 Å². The van der Waals surface area contributed by atoms with Gasteiger partial charge in [0.1, 0.15) is 5.82 Å². The zero-order valence-electron chi connectivity index (χ0n) is 8.53. The number of hydrogen-bond donors (Lipinski definition) is 0. The monoisotopic (exact) mass is 181 g/mol. The number of nitrogens with zero attached hydrogens (tertiary/aromatic N) is 3. The second-order valence-electron chi connectivity index (χ2n) is 2.99. The fraction of sp³-hybridized carbons (Fsp3) is 0.556. The van der Waals surface area contributed by atoms with Crippen molar-refractivity contribution >= 4 is 5.82 Å². The summed E-state index contributed by atoms with van der Waals surface area (Å²) in [5, 5.41) is 0. The van der Waals surface area contributed by atoms with Gasteiger partial charge in [0, 0.05) is 25.9 Å². The zero-order chi connectivity index (χ0) is 9.84. The third-order valence-corrected chi connectivity index (χ3v) is 1.62. The van der Waals surface area contributed by atoms with E-state index in [0.29, 0.717) is 12.6 Å². The maximum absolute atomic E-state index is 5.20. The SMILES string of the molecule is CCOc1ncc(C)c(N(C)C)n1. The summed E-state index contributed by atoms with van der Waals surface area (Å²) in [5.74, 6) is 0.901. The fourth-order valence-corrected chi connectivity index (χ4v) is 1.07. The first-order valence-electron chi connectivity index (χ1n) is 4.29. The van der Waals surface area contributed by atoms with Crippen LogP contribution in [0.25, 0.3) is 0 Å². The molecule has 1 rings (SSSR count). The van der Waals surface area contributed by atoms with Crippen LogP contribution in [0.5, 0.6) is 6.01 Å². The fourth-order valence-electron chi connectivity index (χ4n) is 1.07. The van der Waals surface area contributed by atoms with Crippen molar-refractivity contribution in [1.82, 2.24) is 9.97 Å². The van der Waals surface area contributed by atoms with Gasteiger partial charge in [0.05, 0.1) is 6.61 Å². The first-order valence-corrected chi connectivity index (χ1v) is 4.29. The summed E-state index contributed by atoms with van der Waals surface area (Å²) in [6, 6.07) is 0.441. The zero-order valence-corrected chi connectivity index (χ0v) is 8.53. The minimum atomic E-state index is 0.441. The molecule has 0 saturated carbocycles. The maximum atomic E-state index is 5.20. The van der Waals surface area contributed by atoms with E-state index in [1.807, 2.05) is 32.8 Å². The molecule has 0 radical (unpaired) electrons. The molecular formula is C9H15N3O. The predicted octanol–water partition coefficient (Wildman–Crippen LogP) is 1.25. The van der Waals surface area contributed by atoms with E-state index in [4.69, 9.17) is 4.74 Å². The number of aryl methyl sites for hydroxylation is 1. The maximum Gasteiger partial charge on any atom is 0.318 e. The van der Waals surface area contributed by atoms with Gasteiger partial charge in [-0.1, -0.05) is 0 Å². The van der Waals surface area contributed by atoms with Crippen molar-refractivity contribution in [2.45, 2.75) is 13.8 Å². The summed E-state index contributed by atoms with van der Waals surface area (Å²) < 4.78 is 5.20.